The lowest BCUT2D eigenvalue weighted by Crippen LogP contribution is -2.44. The third kappa shape index (κ3) is 5.66. The van der Waals surface area contributed by atoms with E-state index < -0.39 is 0 Å². The topological polar surface area (TPSA) is 45.7 Å². The molecule has 0 amide bonds. The van der Waals surface area contributed by atoms with Crippen LogP contribution in [-0.2, 0) is 6.42 Å². The number of ether oxygens (including phenoxy) is 1. The summed E-state index contributed by atoms with van der Waals surface area (Å²) in [6.45, 7) is 9.48. The summed E-state index contributed by atoms with van der Waals surface area (Å²) in [6, 6.07) is 6.66. The number of rotatable bonds is 6. The monoisotopic (exact) mass is 291 g/mol. The second-order valence-corrected chi connectivity index (χ2v) is 5.74. The summed E-state index contributed by atoms with van der Waals surface area (Å²) in [5.41, 5.74) is 2.47. The molecule has 1 aromatic rings. The van der Waals surface area contributed by atoms with E-state index in [-0.39, 0.29) is 0 Å². The van der Waals surface area contributed by atoms with Crippen molar-refractivity contribution in [3.8, 4) is 5.75 Å². The van der Waals surface area contributed by atoms with Gasteiger partial charge in [0.1, 0.15) is 5.75 Å². The molecule has 0 heterocycles. The van der Waals surface area contributed by atoms with Gasteiger partial charge in [0.05, 0.1) is 7.11 Å². The van der Waals surface area contributed by atoms with Gasteiger partial charge in [0.25, 0.3) is 0 Å². The molecule has 0 bridgehead atoms. The van der Waals surface area contributed by atoms with Crippen molar-refractivity contribution in [1.82, 2.24) is 10.6 Å². The van der Waals surface area contributed by atoms with Crippen LogP contribution in [-0.4, -0.2) is 32.7 Å². The second-order valence-electron chi connectivity index (χ2n) is 5.74. The molecule has 118 valence electrons. The first-order chi connectivity index (χ1) is 9.97. The molecular weight excluding hydrogens is 262 g/mol. The number of guanidine groups is 1. The lowest BCUT2D eigenvalue weighted by molar-refractivity contribution is 0.409. The Morgan fingerprint density at radius 3 is 2.57 bits per heavy atom. The molecule has 0 aliphatic heterocycles. The molecular formula is C17H29N3O. The molecule has 0 saturated heterocycles. The lowest BCUT2D eigenvalue weighted by Gasteiger charge is -2.21. The van der Waals surface area contributed by atoms with Crippen LogP contribution in [0.1, 0.15) is 31.9 Å². The number of nitrogens with one attached hydrogen (secondary N) is 2. The minimum absolute atomic E-state index is 0.393. The number of nitrogens with zero attached hydrogens (tertiary/aromatic N) is 1. The highest BCUT2D eigenvalue weighted by atomic mass is 16.5. The van der Waals surface area contributed by atoms with Gasteiger partial charge in [-0.3, -0.25) is 4.99 Å². The number of hydrogen-bond donors (Lipinski definition) is 2. The quantitative estimate of drug-likeness (QED) is 0.626. The number of hydrogen-bond acceptors (Lipinski definition) is 2. The molecule has 1 unspecified atom stereocenters. The largest absolute Gasteiger partial charge is 0.496 e. The van der Waals surface area contributed by atoms with E-state index in [0.717, 1.165) is 24.7 Å². The van der Waals surface area contributed by atoms with E-state index in [9.17, 15) is 0 Å². The van der Waals surface area contributed by atoms with Crippen molar-refractivity contribution in [3.05, 3.63) is 29.3 Å². The average Bonchev–Trinajstić information content (AvgIpc) is 2.46. The Balaban J connectivity index is 2.54. The zero-order valence-corrected chi connectivity index (χ0v) is 14.2. The predicted molar refractivity (Wildman–Crippen MR) is 90.2 cm³/mol. The van der Waals surface area contributed by atoms with Gasteiger partial charge in [-0.15, -0.1) is 0 Å². The third-order valence-corrected chi connectivity index (χ3v) is 3.71. The van der Waals surface area contributed by atoms with Crippen LogP contribution in [0.25, 0.3) is 0 Å². The standard InChI is InChI=1S/C17H29N3O/c1-12(2)14(4)20-17(18-5)19-10-9-15-11-13(3)7-8-16(15)21-6/h7-8,11-12,14H,9-10H2,1-6H3,(H2,18,19,20). The van der Waals surface area contributed by atoms with Gasteiger partial charge in [-0.05, 0) is 37.8 Å². The minimum atomic E-state index is 0.393. The molecule has 1 atom stereocenters. The Morgan fingerprint density at radius 2 is 2.00 bits per heavy atom. The fourth-order valence-electron chi connectivity index (χ4n) is 2.00. The molecule has 0 fully saturated rings. The van der Waals surface area contributed by atoms with E-state index in [1.165, 1.54) is 11.1 Å². The zero-order chi connectivity index (χ0) is 15.8. The molecule has 0 radical (unpaired) electrons. The average molecular weight is 291 g/mol. The molecule has 0 aliphatic rings. The van der Waals surface area contributed by atoms with Crippen LogP contribution in [0.2, 0.25) is 0 Å². The molecule has 0 aromatic heterocycles. The number of aryl methyl sites for hydroxylation is 1. The summed E-state index contributed by atoms with van der Waals surface area (Å²) < 4.78 is 5.41. The van der Waals surface area contributed by atoms with Gasteiger partial charge in [0.2, 0.25) is 0 Å². The zero-order valence-electron chi connectivity index (χ0n) is 14.2. The Kier molecular flexibility index (Phi) is 7.06. The fraction of sp³-hybridized carbons (Fsp3) is 0.588. The first-order valence-electron chi connectivity index (χ1n) is 7.58. The molecule has 4 nitrogen and oxygen atoms in total. The molecule has 1 rings (SSSR count). The maximum absolute atomic E-state index is 5.41. The molecule has 4 heteroatoms. The maximum atomic E-state index is 5.41. The van der Waals surface area contributed by atoms with Gasteiger partial charge < -0.3 is 15.4 Å². The highest BCUT2D eigenvalue weighted by molar-refractivity contribution is 5.79. The molecule has 21 heavy (non-hydrogen) atoms. The second kappa shape index (κ2) is 8.55. The van der Waals surface area contributed by atoms with Crippen molar-refractivity contribution in [2.75, 3.05) is 20.7 Å². The fourth-order valence-corrected chi connectivity index (χ4v) is 2.00. The van der Waals surface area contributed by atoms with Crippen molar-refractivity contribution in [3.63, 3.8) is 0 Å². The van der Waals surface area contributed by atoms with E-state index in [2.05, 4.69) is 55.5 Å². The Labute approximate surface area is 129 Å². The summed E-state index contributed by atoms with van der Waals surface area (Å²) in [5.74, 6) is 2.36. The van der Waals surface area contributed by atoms with Crippen LogP contribution >= 0.6 is 0 Å². The smallest absolute Gasteiger partial charge is 0.191 e. The minimum Gasteiger partial charge on any atom is -0.496 e. The summed E-state index contributed by atoms with van der Waals surface area (Å²) in [5, 5.41) is 6.76. The summed E-state index contributed by atoms with van der Waals surface area (Å²) in [4.78, 5) is 4.26. The molecule has 2 N–H and O–H groups in total. The van der Waals surface area contributed by atoms with Crippen LogP contribution in [0.5, 0.6) is 5.75 Å². The van der Waals surface area contributed by atoms with Crippen LogP contribution in [0.15, 0.2) is 23.2 Å². The molecule has 0 spiro atoms. The normalized spacial score (nSPS) is 13.2. The summed E-state index contributed by atoms with van der Waals surface area (Å²) in [7, 11) is 3.52. The molecule has 0 aliphatic carbocycles. The predicted octanol–water partition coefficient (Wildman–Crippen LogP) is 2.76. The molecule has 0 saturated carbocycles. The van der Waals surface area contributed by atoms with Crippen molar-refractivity contribution < 1.29 is 4.74 Å². The van der Waals surface area contributed by atoms with Gasteiger partial charge in [-0.2, -0.15) is 0 Å². The van der Waals surface area contributed by atoms with Crippen LogP contribution in [0.3, 0.4) is 0 Å². The van der Waals surface area contributed by atoms with Gasteiger partial charge in [0, 0.05) is 19.6 Å². The maximum Gasteiger partial charge on any atom is 0.191 e. The van der Waals surface area contributed by atoms with E-state index >= 15 is 0 Å². The third-order valence-electron chi connectivity index (χ3n) is 3.71. The van der Waals surface area contributed by atoms with Crippen molar-refractivity contribution in [1.29, 1.82) is 0 Å². The highest BCUT2D eigenvalue weighted by Gasteiger charge is 2.09. The van der Waals surface area contributed by atoms with Crippen molar-refractivity contribution >= 4 is 5.96 Å². The Hall–Kier alpha value is -1.71. The molecule has 1 aromatic carbocycles. The van der Waals surface area contributed by atoms with Crippen LogP contribution in [0.4, 0.5) is 0 Å². The van der Waals surface area contributed by atoms with E-state index in [1.54, 1.807) is 14.2 Å². The van der Waals surface area contributed by atoms with Gasteiger partial charge in [-0.25, -0.2) is 0 Å². The summed E-state index contributed by atoms with van der Waals surface area (Å²) >= 11 is 0. The Bertz CT molecular complexity index is 469. The summed E-state index contributed by atoms with van der Waals surface area (Å²) in [6.07, 6.45) is 0.904. The van der Waals surface area contributed by atoms with E-state index in [1.807, 2.05) is 6.07 Å². The first-order valence-corrected chi connectivity index (χ1v) is 7.58. The SMILES string of the molecule is CN=C(NCCc1cc(C)ccc1OC)NC(C)C(C)C. The van der Waals surface area contributed by atoms with E-state index in [4.69, 9.17) is 4.74 Å². The van der Waals surface area contributed by atoms with Crippen molar-refractivity contribution in [2.45, 2.75) is 40.2 Å². The van der Waals surface area contributed by atoms with Crippen LogP contribution < -0.4 is 15.4 Å². The van der Waals surface area contributed by atoms with Crippen molar-refractivity contribution in [2.24, 2.45) is 10.9 Å². The Morgan fingerprint density at radius 1 is 1.29 bits per heavy atom. The number of aliphatic imine (C=N–C) groups is 1. The van der Waals surface area contributed by atoms with Gasteiger partial charge in [0.15, 0.2) is 5.96 Å². The number of methoxy groups -OCH3 is 1. The highest BCUT2D eigenvalue weighted by Crippen LogP contribution is 2.19. The van der Waals surface area contributed by atoms with E-state index in [0.29, 0.717) is 12.0 Å². The van der Waals surface area contributed by atoms with Crippen LogP contribution in [0, 0.1) is 12.8 Å². The number of benzene rings is 1. The first kappa shape index (κ1) is 17.3. The van der Waals surface area contributed by atoms with Gasteiger partial charge in [-0.1, -0.05) is 31.5 Å². The lowest BCUT2D eigenvalue weighted by atomic mass is 10.1. The van der Waals surface area contributed by atoms with Gasteiger partial charge >= 0.3 is 0 Å².